The number of amides is 1. The van der Waals surface area contributed by atoms with Gasteiger partial charge in [-0.3, -0.25) is 9.36 Å². The van der Waals surface area contributed by atoms with Crippen molar-refractivity contribution in [1.82, 2.24) is 14.5 Å². The van der Waals surface area contributed by atoms with E-state index in [1.54, 1.807) is 42.6 Å². The molecule has 0 saturated heterocycles. The van der Waals surface area contributed by atoms with Crippen molar-refractivity contribution in [3.8, 4) is 23.0 Å². The van der Waals surface area contributed by atoms with E-state index in [1.165, 1.54) is 28.0 Å². The first kappa shape index (κ1) is 24.9. The van der Waals surface area contributed by atoms with E-state index in [9.17, 15) is 19.4 Å². The van der Waals surface area contributed by atoms with Crippen LogP contribution in [0.2, 0.25) is 0 Å². The minimum atomic E-state index is -0.462. The Morgan fingerprint density at radius 1 is 1.13 bits per heavy atom. The average molecular weight is 544 g/mol. The Hall–Kier alpha value is -4.44. The maximum atomic E-state index is 14.1. The van der Waals surface area contributed by atoms with Crippen molar-refractivity contribution >= 4 is 34.0 Å². The van der Waals surface area contributed by atoms with Gasteiger partial charge < -0.3 is 20.8 Å². The molecule has 10 heteroatoms. The Morgan fingerprint density at radius 3 is 2.56 bits per heavy atom. The zero-order valence-corrected chi connectivity index (χ0v) is 22.0. The number of carbonyl (C=O) groups is 1. The van der Waals surface area contributed by atoms with Gasteiger partial charge in [-0.25, -0.2) is 14.4 Å². The van der Waals surface area contributed by atoms with Gasteiger partial charge in [-0.1, -0.05) is 24.3 Å². The molecule has 1 atom stereocenters. The zero-order chi connectivity index (χ0) is 27.3. The standard InChI is InChI=1S/C29H26FN5O3S/c1-34(29-32-14-17-9-10-23-22(25(17)33-29)13-24(39-23)26(31)36)19(12-16-5-4-6-18(30)11-16)15-35-27(37)20-7-2-3-8-21(20)28(35)38/h2-8,11,13-14,19,37-38H,9-10,12,15H2,1H3,(H2,31,36)/t19-/m0/s1. The van der Waals surface area contributed by atoms with Gasteiger partial charge in [-0.2, -0.15) is 0 Å². The molecule has 198 valence electrons. The van der Waals surface area contributed by atoms with Crippen LogP contribution in [-0.4, -0.2) is 43.7 Å². The molecule has 0 spiro atoms. The third kappa shape index (κ3) is 4.46. The number of aromatic nitrogens is 3. The lowest BCUT2D eigenvalue weighted by atomic mass is 9.96. The number of aryl methyl sites for hydroxylation is 2. The number of halogens is 1. The number of nitrogens with zero attached hydrogens (tertiary/aromatic N) is 4. The summed E-state index contributed by atoms with van der Waals surface area (Å²) in [4.78, 5) is 24.8. The summed E-state index contributed by atoms with van der Waals surface area (Å²) in [5.74, 6) is -0.462. The molecule has 39 heavy (non-hydrogen) atoms. The highest BCUT2D eigenvalue weighted by atomic mass is 32.1. The van der Waals surface area contributed by atoms with Crippen molar-refractivity contribution in [1.29, 1.82) is 0 Å². The van der Waals surface area contributed by atoms with Gasteiger partial charge in [-0.15, -0.1) is 11.3 Å². The van der Waals surface area contributed by atoms with Crippen molar-refractivity contribution in [2.24, 2.45) is 5.73 Å². The first-order chi connectivity index (χ1) is 18.8. The van der Waals surface area contributed by atoms with Crippen LogP contribution in [0, 0.1) is 5.82 Å². The fourth-order valence-corrected chi connectivity index (χ4v) is 6.25. The first-order valence-electron chi connectivity index (χ1n) is 12.6. The molecule has 1 amide bonds. The van der Waals surface area contributed by atoms with Gasteiger partial charge in [0.15, 0.2) is 0 Å². The SMILES string of the molecule is CN(c1ncc2c(n1)-c1cc(C(N)=O)sc1CC2)[C@@H](Cc1cccc(F)c1)Cn1c(O)c2ccccc2c1O. The Morgan fingerprint density at radius 2 is 1.87 bits per heavy atom. The average Bonchev–Trinajstić information content (AvgIpc) is 3.48. The van der Waals surface area contributed by atoms with Crippen LogP contribution in [0.25, 0.3) is 22.0 Å². The van der Waals surface area contributed by atoms with Crippen LogP contribution in [0.5, 0.6) is 11.8 Å². The zero-order valence-electron chi connectivity index (χ0n) is 21.1. The normalized spacial score (nSPS) is 13.2. The summed E-state index contributed by atoms with van der Waals surface area (Å²) in [6.45, 7) is 0.190. The lowest BCUT2D eigenvalue weighted by Gasteiger charge is -2.30. The Balaban J connectivity index is 1.40. The smallest absolute Gasteiger partial charge is 0.258 e. The Labute approximate surface area is 227 Å². The van der Waals surface area contributed by atoms with E-state index >= 15 is 0 Å². The summed E-state index contributed by atoms with van der Waals surface area (Å²) < 4.78 is 15.5. The van der Waals surface area contributed by atoms with Gasteiger partial charge in [0.2, 0.25) is 17.7 Å². The number of likely N-dealkylation sites (N-methyl/N-ethyl adjacent to an activating group) is 1. The van der Waals surface area contributed by atoms with Crippen molar-refractivity contribution in [2.75, 3.05) is 11.9 Å². The minimum absolute atomic E-state index is 0.0472. The van der Waals surface area contributed by atoms with E-state index in [0.717, 1.165) is 40.1 Å². The highest BCUT2D eigenvalue weighted by Crippen LogP contribution is 2.39. The van der Waals surface area contributed by atoms with E-state index in [0.29, 0.717) is 28.0 Å². The highest BCUT2D eigenvalue weighted by molar-refractivity contribution is 7.14. The summed E-state index contributed by atoms with van der Waals surface area (Å²) in [5, 5.41) is 23.0. The van der Waals surface area contributed by atoms with Crippen molar-refractivity contribution in [3.63, 3.8) is 0 Å². The van der Waals surface area contributed by atoms with Crippen LogP contribution >= 0.6 is 11.3 Å². The van der Waals surface area contributed by atoms with Gasteiger partial charge >= 0.3 is 0 Å². The Bertz CT molecular complexity index is 1690. The van der Waals surface area contributed by atoms with Gasteiger partial charge in [-0.05, 0) is 60.7 Å². The number of anilines is 1. The van der Waals surface area contributed by atoms with Crippen molar-refractivity contribution < 1.29 is 19.4 Å². The van der Waals surface area contributed by atoms with Crippen LogP contribution in [0.15, 0.2) is 60.8 Å². The fourth-order valence-electron chi connectivity index (χ4n) is 5.24. The van der Waals surface area contributed by atoms with Crippen molar-refractivity contribution in [3.05, 3.63) is 87.5 Å². The number of aromatic hydroxyl groups is 2. The number of thiophene rings is 1. The van der Waals surface area contributed by atoms with E-state index < -0.39 is 5.91 Å². The second kappa shape index (κ2) is 9.70. The third-order valence-corrected chi connectivity index (χ3v) is 8.53. The summed E-state index contributed by atoms with van der Waals surface area (Å²) >= 11 is 1.39. The summed E-state index contributed by atoms with van der Waals surface area (Å²) in [5.41, 5.74) is 8.93. The molecule has 0 fully saturated rings. The number of hydrogen-bond acceptors (Lipinski definition) is 7. The molecule has 1 aliphatic carbocycles. The van der Waals surface area contributed by atoms with Crippen LogP contribution < -0.4 is 10.6 Å². The second-order valence-electron chi connectivity index (χ2n) is 9.76. The van der Waals surface area contributed by atoms with Gasteiger partial charge in [0.05, 0.1) is 16.6 Å². The predicted molar refractivity (Wildman–Crippen MR) is 149 cm³/mol. The molecule has 6 rings (SSSR count). The van der Waals surface area contributed by atoms with Crippen molar-refractivity contribution in [2.45, 2.75) is 31.8 Å². The molecule has 3 aromatic heterocycles. The maximum absolute atomic E-state index is 14.1. The molecule has 0 bridgehead atoms. The molecular formula is C29H26FN5O3S. The number of primary amides is 1. The topological polar surface area (TPSA) is 118 Å². The van der Waals surface area contributed by atoms with E-state index in [-0.39, 0.29) is 30.2 Å². The first-order valence-corrected chi connectivity index (χ1v) is 13.4. The molecule has 8 nitrogen and oxygen atoms in total. The second-order valence-corrected chi connectivity index (χ2v) is 10.9. The molecule has 0 unspecified atom stereocenters. The quantitative estimate of drug-likeness (QED) is 0.275. The molecular weight excluding hydrogens is 517 g/mol. The number of fused-ring (bicyclic) bond motifs is 4. The van der Waals surface area contributed by atoms with E-state index in [4.69, 9.17) is 10.7 Å². The Kier molecular flexibility index (Phi) is 6.19. The number of hydrogen-bond donors (Lipinski definition) is 3. The third-order valence-electron chi connectivity index (χ3n) is 7.32. The largest absolute Gasteiger partial charge is 0.494 e. The molecule has 3 heterocycles. The van der Waals surface area contributed by atoms with E-state index in [2.05, 4.69) is 4.98 Å². The maximum Gasteiger partial charge on any atom is 0.258 e. The summed E-state index contributed by atoms with van der Waals surface area (Å²) in [6.07, 6.45) is 3.75. The molecule has 0 radical (unpaired) electrons. The monoisotopic (exact) mass is 543 g/mol. The number of carbonyl (C=O) groups excluding carboxylic acids is 1. The molecule has 0 saturated carbocycles. The summed E-state index contributed by atoms with van der Waals surface area (Å²) in [6, 6.07) is 14.9. The molecule has 0 aliphatic heterocycles. The summed E-state index contributed by atoms with van der Waals surface area (Å²) in [7, 11) is 1.84. The van der Waals surface area contributed by atoms with Gasteiger partial charge in [0, 0.05) is 41.0 Å². The molecule has 2 aromatic carbocycles. The van der Waals surface area contributed by atoms with Gasteiger partial charge in [0.25, 0.3) is 5.91 Å². The molecule has 1 aliphatic rings. The number of benzene rings is 2. The van der Waals surface area contributed by atoms with Crippen LogP contribution in [-0.2, 0) is 25.8 Å². The lowest BCUT2D eigenvalue weighted by molar-refractivity contribution is 0.100. The number of rotatable bonds is 7. The van der Waals surface area contributed by atoms with Gasteiger partial charge in [0.1, 0.15) is 5.82 Å². The van der Waals surface area contributed by atoms with E-state index in [1.807, 2.05) is 18.0 Å². The molecule has 5 aromatic rings. The molecule has 4 N–H and O–H groups in total. The lowest BCUT2D eigenvalue weighted by Crippen LogP contribution is -2.38. The minimum Gasteiger partial charge on any atom is -0.494 e. The van der Waals surface area contributed by atoms with Crippen LogP contribution in [0.4, 0.5) is 10.3 Å². The highest BCUT2D eigenvalue weighted by Gasteiger charge is 2.27. The van der Waals surface area contributed by atoms with Crippen LogP contribution in [0.3, 0.4) is 0 Å². The number of nitrogens with two attached hydrogens (primary N) is 1. The fraction of sp³-hybridized carbons (Fsp3) is 0.207. The van der Waals surface area contributed by atoms with Crippen LogP contribution in [0.1, 0.15) is 25.7 Å². The predicted octanol–water partition coefficient (Wildman–Crippen LogP) is 4.66.